The minimum atomic E-state index is -0.499. The molecule has 1 unspecified atom stereocenters. The first-order chi connectivity index (χ1) is 5.61. The summed E-state index contributed by atoms with van der Waals surface area (Å²) >= 11 is 0. The van der Waals surface area contributed by atoms with Gasteiger partial charge in [0.1, 0.15) is 0 Å². The minimum Gasteiger partial charge on any atom is -0.350 e. The van der Waals surface area contributed by atoms with Crippen LogP contribution >= 0.6 is 0 Å². The molecule has 0 aromatic carbocycles. The van der Waals surface area contributed by atoms with Gasteiger partial charge in [-0.3, -0.25) is 0 Å². The summed E-state index contributed by atoms with van der Waals surface area (Å²) in [6.45, 7) is 2.13. The molecule has 4 nitrogen and oxygen atoms in total. The molecule has 0 aromatic heterocycles. The maximum Gasteiger partial charge on any atom is 0.334 e. The molecule has 0 aromatic rings. The molecule has 0 bridgehead atoms. The lowest BCUT2D eigenvalue weighted by atomic mass is 10.1. The third-order valence-electron chi connectivity index (χ3n) is 2.24. The lowest BCUT2D eigenvalue weighted by molar-refractivity contribution is 0.220. The quantitative estimate of drug-likeness (QED) is 0.588. The highest BCUT2D eigenvalue weighted by Crippen LogP contribution is 2.21. The predicted octanol–water partition coefficient (Wildman–Crippen LogP) is 1.17. The van der Waals surface area contributed by atoms with Crippen LogP contribution in [-0.4, -0.2) is 23.8 Å². The minimum absolute atomic E-state index is 0.499. The molecular formula is C8H15N3O. The molecule has 2 amide bonds. The summed E-state index contributed by atoms with van der Waals surface area (Å²) in [6, 6.07) is -0.499. The van der Waals surface area contributed by atoms with Gasteiger partial charge in [-0.05, 0) is 25.2 Å². The number of urea groups is 1. The van der Waals surface area contributed by atoms with Crippen molar-refractivity contribution in [2.24, 2.45) is 16.8 Å². The molecule has 0 heterocycles. The SMILES string of the molecule is CC1CCC/C1=N/N(C)C(N)=O. The fourth-order valence-electron chi connectivity index (χ4n) is 1.39. The van der Waals surface area contributed by atoms with Crippen LogP contribution in [0.25, 0.3) is 0 Å². The molecule has 68 valence electrons. The Labute approximate surface area is 72.4 Å². The first kappa shape index (κ1) is 9.03. The van der Waals surface area contributed by atoms with Gasteiger partial charge in [-0.25, -0.2) is 9.80 Å². The largest absolute Gasteiger partial charge is 0.350 e. The van der Waals surface area contributed by atoms with E-state index in [1.165, 1.54) is 17.9 Å². The molecule has 1 fully saturated rings. The zero-order valence-corrected chi connectivity index (χ0v) is 7.58. The summed E-state index contributed by atoms with van der Waals surface area (Å²) in [7, 11) is 1.58. The third-order valence-corrected chi connectivity index (χ3v) is 2.24. The number of hydrazone groups is 1. The Hall–Kier alpha value is -1.06. The highest BCUT2D eigenvalue weighted by molar-refractivity contribution is 5.89. The molecular weight excluding hydrogens is 154 g/mol. The summed E-state index contributed by atoms with van der Waals surface area (Å²) in [5.74, 6) is 0.506. The molecule has 1 aliphatic carbocycles. The van der Waals surface area contributed by atoms with E-state index in [0.717, 1.165) is 12.1 Å². The van der Waals surface area contributed by atoms with Crippen LogP contribution in [0, 0.1) is 5.92 Å². The highest BCUT2D eigenvalue weighted by Gasteiger charge is 2.18. The van der Waals surface area contributed by atoms with Crippen LogP contribution < -0.4 is 5.73 Å². The molecule has 1 aliphatic rings. The number of nitrogens with zero attached hydrogens (tertiary/aromatic N) is 2. The van der Waals surface area contributed by atoms with E-state index in [1.54, 1.807) is 7.05 Å². The van der Waals surface area contributed by atoms with Crippen LogP contribution in [0.4, 0.5) is 4.79 Å². The highest BCUT2D eigenvalue weighted by atomic mass is 16.2. The van der Waals surface area contributed by atoms with E-state index in [2.05, 4.69) is 12.0 Å². The molecule has 0 aliphatic heterocycles. The fraction of sp³-hybridized carbons (Fsp3) is 0.750. The van der Waals surface area contributed by atoms with Gasteiger partial charge in [0.2, 0.25) is 0 Å². The number of carbonyl (C=O) groups excluding carboxylic acids is 1. The van der Waals surface area contributed by atoms with Crippen molar-refractivity contribution in [3.63, 3.8) is 0 Å². The summed E-state index contributed by atoms with van der Waals surface area (Å²) in [4.78, 5) is 10.6. The van der Waals surface area contributed by atoms with Gasteiger partial charge in [0.15, 0.2) is 0 Å². The number of amides is 2. The van der Waals surface area contributed by atoms with Crippen molar-refractivity contribution >= 4 is 11.7 Å². The van der Waals surface area contributed by atoms with E-state index in [0.29, 0.717) is 5.92 Å². The summed E-state index contributed by atoms with van der Waals surface area (Å²) in [5, 5.41) is 5.34. The van der Waals surface area contributed by atoms with Gasteiger partial charge in [0.25, 0.3) is 0 Å². The predicted molar refractivity (Wildman–Crippen MR) is 47.8 cm³/mol. The first-order valence-electron chi connectivity index (χ1n) is 4.22. The van der Waals surface area contributed by atoms with E-state index in [9.17, 15) is 4.79 Å². The standard InChI is InChI=1S/C8H15N3O/c1-6-4-3-5-7(6)10-11(2)8(9)12/h6H,3-5H2,1-2H3,(H2,9,12)/b10-7-. The van der Waals surface area contributed by atoms with Crippen molar-refractivity contribution in [3.8, 4) is 0 Å². The molecule has 1 atom stereocenters. The van der Waals surface area contributed by atoms with Crippen molar-refractivity contribution in [2.45, 2.75) is 26.2 Å². The lowest BCUT2D eigenvalue weighted by Gasteiger charge is -2.10. The van der Waals surface area contributed by atoms with Crippen LogP contribution in [-0.2, 0) is 0 Å². The monoisotopic (exact) mass is 169 g/mol. The van der Waals surface area contributed by atoms with Gasteiger partial charge in [-0.2, -0.15) is 5.10 Å². The van der Waals surface area contributed by atoms with Crippen molar-refractivity contribution in [1.29, 1.82) is 0 Å². The Balaban J connectivity index is 2.61. The maximum atomic E-state index is 10.6. The Morgan fingerprint density at radius 3 is 2.83 bits per heavy atom. The van der Waals surface area contributed by atoms with Crippen LogP contribution in [0.3, 0.4) is 0 Å². The zero-order chi connectivity index (χ0) is 9.14. The van der Waals surface area contributed by atoms with Crippen LogP contribution in [0.15, 0.2) is 5.10 Å². The number of hydrogen-bond acceptors (Lipinski definition) is 2. The van der Waals surface area contributed by atoms with Crippen molar-refractivity contribution in [3.05, 3.63) is 0 Å². The average Bonchev–Trinajstić information content (AvgIpc) is 2.36. The van der Waals surface area contributed by atoms with E-state index in [4.69, 9.17) is 5.73 Å². The molecule has 4 heteroatoms. The second kappa shape index (κ2) is 3.56. The van der Waals surface area contributed by atoms with E-state index >= 15 is 0 Å². The Kier molecular flexibility index (Phi) is 2.68. The van der Waals surface area contributed by atoms with Crippen molar-refractivity contribution in [1.82, 2.24) is 5.01 Å². The Morgan fingerprint density at radius 2 is 2.42 bits per heavy atom. The molecule has 1 saturated carbocycles. The summed E-state index contributed by atoms with van der Waals surface area (Å²) in [5.41, 5.74) is 6.13. The van der Waals surface area contributed by atoms with Gasteiger partial charge in [-0.1, -0.05) is 6.92 Å². The van der Waals surface area contributed by atoms with Crippen LogP contribution in [0.1, 0.15) is 26.2 Å². The molecule has 2 N–H and O–H groups in total. The summed E-state index contributed by atoms with van der Waals surface area (Å²) in [6.07, 6.45) is 3.34. The van der Waals surface area contributed by atoms with E-state index in [-0.39, 0.29) is 0 Å². The molecule has 12 heavy (non-hydrogen) atoms. The average molecular weight is 169 g/mol. The van der Waals surface area contributed by atoms with E-state index < -0.39 is 6.03 Å². The second-order valence-electron chi connectivity index (χ2n) is 3.25. The van der Waals surface area contributed by atoms with Gasteiger partial charge < -0.3 is 5.73 Å². The van der Waals surface area contributed by atoms with Crippen molar-refractivity contribution < 1.29 is 4.79 Å². The number of carbonyl (C=O) groups is 1. The smallest absolute Gasteiger partial charge is 0.334 e. The van der Waals surface area contributed by atoms with Crippen LogP contribution in [0.5, 0.6) is 0 Å². The number of nitrogens with two attached hydrogens (primary N) is 1. The summed E-state index contributed by atoms with van der Waals surface area (Å²) < 4.78 is 0. The molecule has 0 saturated heterocycles. The molecule has 0 radical (unpaired) electrons. The molecule has 0 spiro atoms. The van der Waals surface area contributed by atoms with Gasteiger partial charge in [0.05, 0.1) is 0 Å². The normalized spacial score (nSPS) is 26.2. The number of hydrogen-bond donors (Lipinski definition) is 1. The molecule has 1 rings (SSSR count). The van der Waals surface area contributed by atoms with Gasteiger partial charge in [0, 0.05) is 12.8 Å². The number of primary amides is 1. The van der Waals surface area contributed by atoms with Gasteiger partial charge in [-0.15, -0.1) is 0 Å². The van der Waals surface area contributed by atoms with Gasteiger partial charge >= 0.3 is 6.03 Å². The Bertz CT molecular complexity index is 212. The Morgan fingerprint density at radius 1 is 1.75 bits per heavy atom. The van der Waals surface area contributed by atoms with Crippen LogP contribution in [0.2, 0.25) is 0 Å². The number of rotatable bonds is 1. The first-order valence-corrected chi connectivity index (χ1v) is 4.22. The van der Waals surface area contributed by atoms with Crippen molar-refractivity contribution in [2.75, 3.05) is 7.05 Å². The topological polar surface area (TPSA) is 58.7 Å². The zero-order valence-electron chi connectivity index (χ0n) is 7.58. The fourth-order valence-corrected chi connectivity index (χ4v) is 1.39. The maximum absolute atomic E-state index is 10.6. The third kappa shape index (κ3) is 1.96. The second-order valence-corrected chi connectivity index (χ2v) is 3.25. The lowest BCUT2D eigenvalue weighted by Crippen LogP contribution is -2.28. The van der Waals surface area contributed by atoms with E-state index in [1.807, 2.05) is 0 Å².